The molecule has 1 atom stereocenters. The molecule has 0 radical (unpaired) electrons. The van der Waals surface area contributed by atoms with Gasteiger partial charge in [-0.25, -0.2) is 0 Å². The van der Waals surface area contributed by atoms with Gasteiger partial charge >= 0.3 is 0 Å². The predicted octanol–water partition coefficient (Wildman–Crippen LogP) is 4.54. The van der Waals surface area contributed by atoms with Crippen LogP contribution in [0, 0.1) is 13.8 Å². The van der Waals surface area contributed by atoms with Crippen LogP contribution >= 0.6 is 0 Å². The van der Waals surface area contributed by atoms with E-state index in [2.05, 4.69) is 68.3 Å². The Morgan fingerprint density at radius 1 is 0.955 bits per heavy atom. The Morgan fingerprint density at radius 3 is 2.45 bits per heavy atom. The molecule has 0 aromatic heterocycles. The molecule has 0 fully saturated rings. The maximum Gasteiger partial charge on any atom is 0.0323 e. The lowest BCUT2D eigenvalue weighted by atomic mass is 9.86. The molecule has 1 aliphatic heterocycles. The van der Waals surface area contributed by atoms with Gasteiger partial charge in [0.1, 0.15) is 0 Å². The van der Waals surface area contributed by atoms with Crippen molar-refractivity contribution < 1.29 is 0 Å². The van der Waals surface area contributed by atoms with Gasteiger partial charge in [0, 0.05) is 19.0 Å². The van der Waals surface area contributed by atoms with Crippen LogP contribution < -0.4 is 0 Å². The van der Waals surface area contributed by atoms with Crippen LogP contribution in [0.25, 0.3) is 5.57 Å². The molecule has 1 heterocycles. The van der Waals surface area contributed by atoms with Gasteiger partial charge in [0.2, 0.25) is 0 Å². The van der Waals surface area contributed by atoms with Crippen LogP contribution in [-0.4, -0.2) is 25.0 Å². The topological polar surface area (TPSA) is 3.24 Å². The molecule has 0 saturated carbocycles. The predicted molar refractivity (Wildman–Crippen MR) is 93.2 cm³/mol. The third-order valence-corrected chi connectivity index (χ3v) is 5.17. The summed E-state index contributed by atoms with van der Waals surface area (Å²) in [6, 6.07) is 16.1. The van der Waals surface area contributed by atoms with E-state index in [0.717, 1.165) is 6.54 Å². The summed E-state index contributed by atoms with van der Waals surface area (Å²) in [5, 5.41) is 0. The normalized spacial score (nSPS) is 21.0. The molecular weight excluding hydrogens is 266 g/mol. The van der Waals surface area contributed by atoms with Crippen molar-refractivity contribution in [3.63, 3.8) is 0 Å². The molecule has 2 aromatic rings. The summed E-state index contributed by atoms with van der Waals surface area (Å²) in [5.41, 5.74) is 10.4. The highest BCUT2D eigenvalue weighted by Gasteiger charge is 2.34. The molecule has 0 amide bonds. The van der Waals surface area contributed by atoms with Gasteiger partial charge < -0.3 is 4.90 Å². The van der Waals surface area contributed by atoms with E-state index in [9.17, 15) is 0 Å². The first kappa shape index (κ1) is 13.8. The zero-order chi connectivity index (χ0) is 15.3. The van der Waals surface area contributed by atoms with Crippen molar-refractivity contribution in [2.75, 3.05) is 20.1 Å². The number of hydrogen-bond acceptors (Lipinski definition) is 1. The SMILES string of the molecule is Cc1ccc(C2C3=C(CCN(C)C3)c3ccc(C)cc32)cc1. The average Bonchev–Trinajstić information content (AvgIpc) is 2.80. The van der Waals surface area contributed by atoms with Crippen molar-refractivity contribution in [1.29, 1.82) is 0 Å². The van der Waals surface area contributed by atoms with E-state index in [1.807, 2.05) is 0 Å². The maximum absolute atomic E-state index is 2.46. The minimum absolute atomic E-state index is 0.452. The Hall–Kier alpha value is -1.86. The lowest BCUT2D eigenvalue weighted by molar-refractivity contribution is 0.356. The van der Waals surface area contributed by atoms with Crippen LogP contribution in [0.3, 0.4) is 0 Å². The third-order valence-electron chi connectivity index (χ3n) is 5.17. The highest BCUT2D eigenvalue weighted by atomic mass is 15.1. The summed E-state index contributed by atoms with van der Waals surface area (Å²) >= 11 is 0. The molecular formula is C21H23N. The first-order chi connectivity index (χ1) is 10.6. The Bertz CT molecular complexity index is 752. The number of fused-ring (bicyclic) bond motifs is 2. The minimum Gasteiger partial charge on any atom is -0.302 e. The van der Waals surface area contributed by atoms with E-state index < -0.39 is 0 Å². The summed E-state index contributed by atoms with van der Waals surface area (Å²) in [7, 11) is 2.24. The van der Waals surface area contributed by atoms with Crippen molar-refractivity contribution in [1.82, 2.24) is 4.90 Å². The summed E-state index contributed by atoms with van der Waals surface area (Å²) in [6.45, 7) is 6.64. The van der Waals surface area contributed by atoms with Gasteiger partial charge in [0.05, 0.1) is 0 Å². The van der Waals surface area contributed by atoms with Crippen molar-refractivity contribution >= 4 is 5.57 Å². The molecule has 0 bridgehead atoms. The fraction of sp³-hybridized carbons (Fsp3) is 0.333. The van der Waals surface area contributed by atoms with E-state index in [0.29, 0.717) is 5.92 Å². The highest BCUT2D eigenvalue weighted by Crippen LogP contribution is 2.48. The van der Waals surface area contributed by atoms with Crippen LogP contribution in [0.2, 0.25) is 0 Å². The fourth-order valence-corrected chi connectivity index (χ4v) is 4.02. The molecule has 2 aromatic carbocycles. The number of likely N-dealkylation sites (N-methyl/N-ethyl adjacent to an activating group) is 1. The first-order valence-corrected chi connectivity index (χ1v) is 8.21. The van der Waals surface area contributed by atoms with E-state index in [1.165, 1.54) is 40.8 Å². The van der Waals surface area contributed by atoms with Crippen LogP contribution in [0.4, 0.5) is 0 Å². The van der Waals surface area contributed by atoms with E-state index >= 15 is 0 Å². The number of hydrogen-bond donors (Lipinski definition) is 0. The quantitative estimate of drug-likeness (QED) is 0.745. The first-order valence-electron chi connectivity index (χ1n) is 8.21. The molecule has 112 valence electrons. The maximum atomic E-state index is 2.46. The molecule has 4 rings (SSSR count). The lowest BCUT2D eigenvalue weighted by Crippen LogP contribution is -2.27. The molecule has 0 saturated heterocycles. The molecule has 1 aliphatic carbocycles. The fourth-order valence-electron chi connectivity index (χ4n) is 4.02. The minimum atomic E-state index is 0.452. The number of nitrogens with zero attached hydrogens (tertiary/aromatic N) is 1. The Balaban J connectivity index is 1.90. The van der Waals surface area contributed by atoms with Crippen LogP contribution in [0.1, 0.15) is 40.2 Å². The van der Waals surface area contributed by atoms with Crippen molar-refractivity contribution in [3.05, 3.63) is 75.9 Å². The van der Waals surface area contributed by atoms with Crippen molar-refractivity contribution in [2.24, 2.45) is 0 Å². The van der Waals surface area contributed by atoms with Crippen molar-refractivity contribution in [3.8, 4) is 0 Å². The second kappa shape index (κ2) is 5.10. The Kier molecular flexibility index (Phi) is 3.19. The van der Waals surface area contributed by atoms with Gasteiger partial charge in [-0.1, -0.05) is 53.6 Å². The third kappa shape index (κ3) is 2.12. The molecule has 1 heteroatoms. The number of rotatable bonds is 1. The molecule has 0 N–H and O–H groups in total. The van der Waals surface area contributed by atoms with E-state index in [1.54, 1.807) is 11.1 Å². The zero-order valence-electron chi connectivity index (χ0n) is 13.7. The summed E-state index contributed by atoms with van der Waals surface area (Å²) in [5.74, 6) is 0.452. The van der Waals surface area contributed by atoms with E-state index in [4.69, 9.17) is 0 Å². The van der Waals surface area contributed by atoms with E-state index in [-0.39, 0.29) is 0 Å². The standard InChI is InChI=1S/C21H23N/c1-14-4-7-16(8-5-14)21-19-12-15(2)6-9-17(19)18-10-11-22(3)13-20(18)21/h4-9,12,21H,10-11,13H2,1-3H3. The zero-order valence-corrected chi connectivity index (χ0v) is 13.7. The van der Waals surface area contributed by atoms with Gasteiger partial charge in [-0.05, 0) is 55.2 Å². The second-order valence-electron chi connectivity index (χ2n) is 6.93. The van der Waals surface area contributed by atoms with Gasteiger partial charge in [0.15, 0.2) is 0 Å². The monoisotopic (exact) mass is 289 g/mol. The van der Waals surface area contributed by atoms with Crippen LogP contribution in [0.5, 0.6) is 0 Å². The highest BCUT2D eigenvalue weighted by molar-refractivity contribution is 5.81. The Labute approximate surface area is 133 Å². The number of aryl methyl sites for hydroxylation is 2. The summed E-state index contributed by atoms with van der Waals surface area (Å²) < 4.78 is 0. The largest absolute Gasteiger partial charge is 0.302 e. The Morgan fingerprint density at radius 2 is 1.68 bits per heavy atom. The number of benzene rings is 2. The van der Waals surface area contributed by atoms with Crippen LogP contribution in [0.15, 0.2) is 48.0 Å². The molecule has 22 heavy (non-hydrogen) atoms. The molecule has 1 nitrogen and oxygen atoms in total. The van der Waals surface area contributed by atoms with Gasteiger partial charge in [-0.2, -0.15) is 0 Å². The summed E-state index contributed by atoms with van der Waals surface area (Å²) in [4.78, 5) is 2.46. The van der Waals surface area contributed by atoms with Gasteiger partial charge in [-0.3, -0.25) is 0 Å². The summed E-state index contributed by atoms with van der Waals surface area (Å²) in [6.07, 6.45) is 1.18. The van der Waals surface area contributed by atoms with Gasteiger partial charge in [0.25, 0.3) is 0 Å². The molecule has 2 aliphatic rings. The average molecular weight is 289 g/mol. The van der Waals surface area contributed by atoms with Crippen molar-refractivity contribution in [2.45, 2.75) is 26.2 Å². The molecule has 1 unspecified atom stereocenters. The second-order valence-corrected chi connectivity index (χ2v) is 6.93. The lowest BCUT2D eigenvalue weighted by Gasteiger charge is -2.27. The smallest absolute Gasteiger partial charge is 0.0323 e. The molecule has 0 spiro atoms. The van der Waals surface area contributed by atoms with Crippen LogP contribution in [-0.2, 0) is 0 Å². The van der Waals surface area contributed by atoms with Gasteiger partial charge in [-0.15, -0.1) is 0 Å².